The molecule has 1 heterocycles. The van der Waals surface area contributed by atoms with E-state index in [1.165, 1.54) is 32.9 Å². The van der Waals surface area contributed by atoms with E-state index in [-0.39, 0.29) is 0 Å². The standard InChI is InChI=1S/C18H21N.C2H6/c1-5-14(4)19-17-9-7-12(2)10-16(17)15-8-6-13(3)11-18(15)19;1-2/h6-11,14H,5H2,1-4H3;1-2H3. The van der Waals surface area contributed by atoms with Gasteiger partial charge in [-0.05, 0) is 51.0 Å². The van der Waals surface area contributed by atoms with Crippen LogP contribution < -0.4 is 0 Å². The maximum atomic E-state index is 2.50. The summed E-state index contributed by atoms with van der Waals surface area (Å²) in [5, 5.41) is 2.76. The van der Waals surface area contributed by atoms with E-state index in [1.807, 2.05) is 13.8 Å². The van der Waals surface area contributed by atoms with Gasteiger partial charge >= 0.3 is 0 Å². The topological polar surface area (TPSA) is 4.93 Å². The summed E-state index contributed by atoms with van der Waals surface area (Å²) < 4.78 is 2.50. The van der Waals surface area contributed by atoms with Gasteiger partial charge in [-0.3, -0.25) is 0 Å². The first-order valence-corrected chi connectivity index (χ1v) is 8.12. The molecule has 0 aliphatic rings. The van der Waals surface area contributed by atoms with Crippen molar-refractivity contribution in [3.05, 3.63) is 47.5 Å². The number of hydrogen-bond acceptors (Lipinski definition) is 0. The lowest BCUT2D eigenvalue weighted by atomic mass is 10.1. The van der Waals surface area contributed by atoms with Crippen LogP contribution >= 0.6 is 0 Å². The van der Waals surface area contributed by atoms with Crippen molar-refractivity contribution in [3.63, 3.8) is 0 Å². The average molecular weight is 281 g/mol. The molecule has 3 aromatic rings. The minimum atomic E-state index is 0.532. The van der Waals surface area contributed by atoms with Crippen molar-refractivity contribution in [2.24, 2.45) is 0 Å². The van der Waals surface area contributed by atoms with Crippen LogP contribution in [0.3, 0.4) is 0 Å². The third kappa shape index (κ3) is 2.70. The molecule has 0 aliphatic heterocycles. The number of aryl methyl sites for hydroxylation is 2. The Morgan fingerprint density at radius 2 is 1.48 bits per heavy atom. The molecule has 0 aliphatic carbocycles. The molecule has 1 atom stereocenters. The second-order valence-corrected chi connectivity index (χ2v) is 5.67. The number of nitrogens with zero attached hydrogens (tertiary/aromatic N) is 1. The molecule has 0 saturated carbocycles. The fourth-order valence-electron chi connectivity index (χ4n) is 2.93. The fraction of sp³-hybridized carbons (Fsp3) is 0.400. The first kappa shape index (κ1) is 15.6. The molecule has 0 saturated heterocycles. The van der Waals surface area contributed by atoms with Gasteiger partial charge in [0.25, 0.3) is 0 Å². The third-order valence-corrected chi connectivity index (χ3v) is 4.15. The molecule has 112 valence electrons. The summed E-state index contributed by atoms with van der Waals surface area (Å²) in [6.07, 6.45) is 1.15. The van der Waals surface area contributed by atoms with Gasteiger partial charge in [-0.15, -0.1) is 0 Å². The predicted molar refractivity (Wildman–Crippen MR) is 95.3 cm³/mol. The van der Waals surface area contributed by atoms with Crippen molar-refractivity contribution in [2.45, 2.75) is 54.0 Å². The summed E-state index contributed by atoms with van der Waals surface area (Å²) in [7, 11) is 0. The lowest BCUT2D eigenvalue weighted by molar-refractivity contribution is 0.563. The quantitative estimate of drug-likeness (QED) is 0.511. The molecule has 1 aromatic heterocycles. The van der Waals surface area contributed by atoms with Crippen LogP contribution in [0.4, 0.5) is 0 Å². The molecule has 1 heteroatoms. The Hall–Kier alpha value is -1.76. The first-order chi connectivity index (χ1) is 10.1. The highest BCUT2D eigenvalue weighted by Gasteiger charge is 2.14. The monoisotopic (exact) mass is 281 g/mol. The van der Waals surface area contributed by atoms with Crippen molar-refractivity contribution in [2.75, 3.05) is 0 Å². The molecule has 1 nitrogen and oxygen atoms in total. The lowest BCUT2D eigenvalue weighted by Crippen LogP contribution is -2.03. The van der Waals surface area contributed by atoms with Crippen molar-refractivity contribution >= 4 is 21.8 Å². The summed E-state index contributed by atoms with van der Waals surface area (Å²) in [4.78, 5) is 0. The van der Waals surface area contributed by atoms with E-state index >= 15 is 0 Å². The van der Waals surface area contributed by atoms with Gasteiger partial charge in [0.1, 0.15) is 0 Å². The Morgan fingerprint density at radius 3 is 2.14 bits per heavy atom. The van der Waals surface area contributed by atoms with Gasteiger partial charge in [0.15, 0.2) is 0 Å². The number of rotatable bonds is 2. The number of hydrogen-bond donors (Lipinski definition) is 0. The maximum Gasteiger partial charge on any atom is 0.0496 e. The summed E-state index contributed by atoms with van der Waals surface area (Å²) >= 11 is 0. The van der Waals surface area contributed by atoms with Gasteiger partial charge in [0, 0.05) is 27.8 Å². The van der Waals surface area contributed by atoms with Crippen LogP contribution in [0.5, 0.6) is 0 Å². The van der Waals surface area contributed by atoms with Gasteiger partial charge in [0.2, 0.25) is 0 Å². The number of benzene rings is 2. The molecule has 1 unspecified atom stereocenters. The van der Waals surface area contributed by atoms with Crippen molar-refractivity contribution in [1.29, 1.82) is 0 Å². The van der Waals surface area contributed by atoms with E-state index in [1.54, 1.807) is 0 Å². The van der Waals surface area contributed by atoms with Crippen LogP contribution in [0, 0.1) is 13.8 Å². The third-order valence-electron chi connectivity index (χ3n) is 4.15. The Morgan fingerprint density at radius 1 is 0.857 bits per heavy atom. The minimum absolute atomic E-state index is 0.532. The molecule has 0 N–H and O–H groups in total. The van der Waals surface area contributed by atoms with Crippen LogP contribution in [-0.4, -0.2) is 4.57 Å². The Bertz CT molecular complexity index is 749. The van der Waals surface area contributed by atoms with E-state index in [9.17, 15) is 0 Å². The van der Waals surface area contributed by atoms with Gasteiger partial charge in [-0.25, -0.2) is 0 Å². The minimum Gasteiger partial charge on any atom is -0.338 e. The van der Waals surface area contributed by atoms with Crippen LogP contribution in [0.15, 0.2) is 36.4 Å². The molecule has 3 rings (SSSR count). The Balaban J connectivity index is 0.000000774. The zero-order valence-corrected chi connectivity index (χ0v) is 14.2. The highest BCUT2D eigenvalue weighted by molar-refractivity contribution is 6.08. The van der Waals surface area contributed by atoms with Gasteiger partial charge < -0.3 is 4.57 Å². The maximum absolute atomic E-state index is 2.50. The summed E-state index contributed by atoms with van der Waals surface area (Å²) in [6.45, 7) is 12.9. The zero-order chi connectivity index (χ0) is 15.6. The molecular formula is C20H27N. The second kappa shape index (κ2) is 6.34. The molecule has 0 radical (unpaired) electrons. The Kier molecular flexibility index (Phi) is 4.72. The van der Waals surface area contributed by atoms with Crippen molar-refractivity contribution < 1.29 is 0 Å². The van der Waals surface area contributed by atoms with Crippen molar-refractivity contribution in [1.82, 2.24) is 4.57 Å². The molecule has 0 amide bonds. The van der Waals surface area contributed by atoms with Crippen LogP contribution in [-0.2, 0) is 0 Å². The molecular weight excluding hydrogens is 254 g/mol. The van der Waals surface area contributed by atoms with Gasteiger partial charge in [0.05, 0.1) is 0 Å². The summed E-state index contributed by atoms with van der Waals surface area (Å²) in [5.41, 5.74) is 5.39. The fourth-order valence-corrected chi connectivity index (χ4v) is 2.93. The second-order valence-electron chi connectivity index (χ2n) is 5.67. The van der Waals surface area contributed by atoms with E-state index in [4.69, 9.17) is 0 Å². The normalized spacial score (nSPS) is 12.3. The smallest absolute Gasteiger partial charge is 0.0496 e. The van der Waals surface area contributed by atoms with E-state index in [0.717, 1.165) is 6.42 Å². The van der Waals surface area contributed by atoms with E-state index < -0.39 is 0 Å². The van der Waals surface area contributed by atoms with Gasteiger partial charge in [-0.1, -0.05) is 44.5 Å². The van der Waals surface area contributed by atoms with Crippen LogP contribution in [0.1, 0.15) is 51.3 Å². The lowest BCUT2D eigenvalue weighted by Gasteiger charge is -2.15. The first-order valence-electron chi connectivity index (χ1n) is 8.12. The molecule has 0 bridgehead atoms. The molecule has 0 spiro atoms. The largest absolute Gasteiger partial charge is 0.338 e. The summed E-state index contributed by atoms with van der Waals surface area (Å²) in [5.74, 6) is 0. The van der Waals surface area contributed by atoms with Crippen molar-refractivity contribution in [3.8, 4) is 0 Å². The zero-order valence-electron chi connectivity index (χ0n) is 14.2. The summed E-state index contributed by atoms with van der Waals surface area (Å²) in [6, 6.07) is 14.1. The molecule has 0 fully saturated rings. The van der Waals surface area contributed by atoms with Crippen LogP contribution in [0.2, 0.25) is 0 Å². The van der Waals surface area contributed by atoms with E-state index in [2.05, 4.69) is 68.7 Å². The van der Waals surface area contributed by atoms with Gasteiger partial charge in [-0.2, -0.15) is 0 Å². The number of aromatic nitrogens is 1. The SMILES string of the molecule is CC.CCC(C)n1c2ccc(C)cc2c2ccc(C)cc21. The predicted octanol–water partition coefficient (Wildman–Crippen LogP) is 6.41. The number of fused-ring (bicyclic) bond motifs is 3. The molecule has 2 aromatic carbocycles. The highest BCUT2D eigenvalue weighted by Crippen LogP contribution is 2.33. The Labute approximate surface area is 128 Å². The van der Waals surface area contributed by atoms with E-state index in [0.29, 0.717) is 6.04 Å². The average Bonchev–Trinajstić information content (AvgIpc) is 2.81. The highest BCUT2D eigenvalue weighted by atomic mass is 15.0. The molecule has 21 heavy (non-hydrogen) atoms. The van der Waals surface area contributed by atoms with Crippen LogP contribution in [0.25, 0.3) is 21.8 Å².